The van der Waals surface area contributed by atoms with E-state index in [0.29, 0.717) is 6.54 Å². The zero-order valence-electron chi connectivity index (χ0n) is 11.9. The summed E-state index contributed by atoms with van der Waals surface area (Å²) in [5.41, 5.74) is 6.16. The lowest BCUT2D eigenvalue weighted by Crippen LogP contribution is -2.47. The number of carbonyl (C=O) groups excluding carboxylic acids is 1. The number of rotatable bonds is 3. The van der Waals surface area contributed by atoms with E-state index in [-0.39, 0.29) is 12.1 Å². The van der Waals surface area contributed by atoms with Crippen molar-refractivity contribution in [3.63, 3.8) is 0 Å². The maximum atomic E-state index is 12.2. The predicted octanol–water partition coefficient (Wildman–Crippen LogP) is 2.68. The van der Waals surface area contributed by atoms with Crippen molar-refractivity contribution in [1.29, 1.82) is 0 Å². The van der Waals surface area contributed by atoms with Gasteiger partial charge in [-0.1, -0.05) is 12.2 Å². The molecule has 1 heterocycles. The normalized spacial score (nSPS) is 20.7. The molecule has 2 N–H and O–H groups in total. The molecule has 1 fully saturated rings. The lowest BCUT2D eigenvalue weighted by molar-refractivity contribution is 0.0136. The van der Waals surface area contributed by atoms with Crippen LogP contribution in [0.4, 0.5) is 4.79 Å². The SMILES string of the molecule is C=C(CCN)C1CCCCN1C(=O)OC(C)(C)C. The molecule has 1 aliphatic heterocycles. The minimum atomic E-state index is -0.450. The first-order valence-electron chi connectivity index (χ1n) is 6.72. The Bertz CT molecular complexity index is 307. The van der Waals surface area contributed by atoms with Gasteiger partial charge in [0.05, 0.1) is 6.04 Å². The predicted molar refractivity (Wildman–Crippen MR) is 73.4 cm³/mol. The summed E-state index contributed by atoms with van der Waals surface area (Å²) in [6.07, 6.45) is 3.67. The van der Waals surface area contributed by atoms with Crippen LogP contribution in [0.2, 0.25) is 0 Å². The second-order valence-corrected chi connectivity index (χ2v) is 5.88. The van der Waals surface area contributed by atoms with E-state index < -0.39 is 5.60 Å². The van der Waals surface area contributed by atoms with Crippen LogP contribution in [-0.4, -0.2) is 35.7 Å². The quantitative estimate of drug-likeness (QED) is 0.788. The molecule has 0 aromatic rings. The molecule has 1 aliphatic rings. The number of piperidine rings is 1. The van der Waals surface area contributed by atoms with E-state index in [9.17, 15) is 4.79 Å². The number of hydrogen-bond acceptors (Lipinski definition) is 3. The molecule has 4 nitrogen and oxygen atoms in total. The molecule has 0 bridgehead atoms. The topological polar surface area (TPSA) is 55.6 Å². The van der Waals surface area contributed by atoms with Crippen molar-refractivity contribution >= 4 is 6.09 Å². The summed E-state index contributed by atoms with van der Waals surface area (Å²) in [5.74, 6) is 0. The molecule has 1 atom stereocenters. The van der Waals surface area contributed by atoms with E-state index in [1.54, 1.807) is 0 Å². The summed E-state index contributed by atoms with van der Waals surface area (Å²) in [4.78, 5) is 14.0. The maximum absolute atomic E-state index is 12.2. The van der Waals surface area contributed by atoms with Gasteiger partial charge >= 0.3 is 6.09 Å². The smallest absolute Gasteiger partial charge is 0.410 e. The standard InChI is InChI=1S/C14H26N2O2/c1-11(8-9-15)12-7-5-6-10-16(12)13(17)18-14(2,3)4/h12H,1,5-10,15H2,2-4H3. The van der Waals surface area contributed by atoms with Crippen LogP contribution < -0.4 is 5.73 Å². The summed E-state index contributed by atoms with van der Waals surface area (Å²) in [7, 11) is 0. The van der Waals surface area contributed by atoms with E-state index >= 15 is 0 Å². The van der Waals surface area contributed by atoms with Gasteiger partial charge in [-0.05, 0) is 53.0 Å². The Morgan fingerprint density at radius 1 is 1.44 bits per heavy atom. The fraction of sp³-hybridized carbons (Fsp3) is 0.786. The van der Waals surface area contributed by atoms with E-state index in [0.717, 1.165) is 37.8 Å². The molecule has 1 amide bonds. The molecule has 0 spiro atoms. The lowest BCUT2D eigenvalue weighted by atomic mass is 9.94. The second-order valence-electron chi connectivity index (χ2n) is 5.88. The van der Waals surface area contributed by atoms with Crippen molar-refractivity contribution in [2.45, 2.75) is 58.1 Å². The lowest BCUT2D eigenvalue weighted by Gasteiger charge is -2.37. The summed E-state index contributed by atoms with van der Waals surface area (Å²) in [6.45, 7) is 11.1. The number of hydrogen-bond donors (Lipinski definition) is 1. The third-order valence-electron chi connectivity index (χ3n) is 3.07. The maximum Gasteiger partial charge on any atom is 0.410 e. The van der Waals surface area contributed by atoms with Crippen LogP contribution in [0.3, 0.4) is 0 Å². The zero-order chi connectivity index (χ0) is 13.8. The molecule has 0 aromatic heterocycles. The van der Waals surface area contributed by atoms with Crippen molar-refractivity contribution in [1.82, 2.24) is 4.90 Å². The third-order valence-corrected chi connectivity index (χ3v) is 3.07. The minimum Gasteiger partial charge on any atom is -0.444 e. The third kappa shape index (κ3) is 4.33. The van der Waals surface area contributed by atoms with Crippen LogP contribution >= 0.6 is 0 Å². The highest BCUT2D eigenvalue weighted by atomic mass is 16.6. The number of nitrogens with two attached hydrogens (primary N) is 1. The van der Waals surface area contributed by atoms with Gasteiger partial charge in [-0.2, -0.15) is 0 Å². The number of carbonyl (C=O) groups is 1. The summed E-state index contributed by atoms with van der Waals surface area (Å²) in [6, 6.07) is 0.0946. The molecule has 104 valence electrons. The number of ether oxygens (including phenoxy) is 1. The van der Waals surface area contributed by atoms with Gasteiger partial charge in [0.1, 0.15) is 5.60 Å². The first-order valence-corrected chi connectivity index (χ1v) is 6.72. The van der Waals surface area contributed by atoms with Gasteiger partial charge in [0.25, 0.3) is 0 Å². The van der Waals surface area contributed by atoms with Gasteiger partial charge in [-0.25, -0.2) is 4.79 Å². The van der Waals surface area contributed by atoms with Crippen LogP contribution in [0.1, 0.15) is 46.5 Å². The molecule has 1 rings (SSSR count). The largest absolute Gasteiger partial charge is 0.444 e. The van der Waals surface area contributed by atoms with Crippen molar-refractivity contribution in [3.8, 4) is 0 Å². The first kappa shape index (κ1) is 15.0. The van der Waals surface area contributed by atoms with Gasteiger partial charge in [0.15, 0.2) is 0 Å². The van der Waals surface area contributed by atoms with Gasteiger partial charge in [-0.15, -0.1) is 0 Å². The molecular weight excluding hydrogens is 228 g/mol. The molecule has 18 heavy (non-hydrogen) atoms. The van der Waals surface area contributed by atoms with E-state index in [1.165, 1.54) is 0 Å². The highest BCUT2D eigenvalue weighted by Gasteiger charge is 2.31. The number of amides is 1. The average Bonchev–Trinajstić information content (AvgIpc) is 2.27. The van der Waals surface area contributed by atoms with Crippen LogP contribution in [0, 0.1) is 0 Å². The van der Waals surface area contributed by atoms with Crippen LogP contribution in [0.25, 0.3) is 0 Å². The molecule has 1 saturated heterocycles. The number of likely N-dealkylation sites (tertiary alicyclic amines) is 1. The molecule has 1 unspecified atom stereocenters. The van der Waals surface area contributed by atoms with Crippen LogP contribution in [-0.2, 0) is 4.74 Å². The van der Waals surface area contributed by atoms with E-state index in [2.05, 4.69) is 6.58 Å². The van der Waals surface area contributed by atoms with Crippen molar-refractivity contribution < 1.29 is 9.53 Å². The van der Waals surface area contributed by atoms with Gasteiger partial charge in [-0.3, -0.25) is 0 Å². The van der Waals surface area contributed by atoms with Crippen molar-refractivity contribution in [2.75, 3.05) is 13.1 Å². The van der Waals surface area contributed by atoms with Crippen LogP contribution in [0.5, 0.6) is 0 Å². The Labute approximate surface area is 110 Å². The Morgan fingerprint density at radius 2 is 2.11 bits per heavy atom. The van der Waals surface area contributed by atoms with Gasteiger partial charge < -0.3 is 15.4 Å². The van der Waals surface area contributed by atoms with Crippen LogP contribution in [0.15, 0.2) is 12.2 Å². The number of nitrogens with zero attached hydrogens (tertiary/aromatic N) is 1. The molecule has 4 heteroatoms. The fourth-order valence-corrected chi connectivity index (χ4v) is 2.25. The van der Waals surface area contributed by atoms with Crippen molar-refractivity contribution in [2.24, 2.45) is 5.73 Å². The first-order chi connectivity index (χ1) is 8.35. The van der Waals surface area contributed by atoms with E-state index in [4.69, 9.17) is 10.5 Å². The highest BCUT2D eigenvalue weighted by Crippen LogP contribution is 2.25. The molecule has 0 saturated carbocycles. The Morgan fingerprint density at radius 3 is 2.67 bits per heavy atom. The Hall–Kier alpha value is -1.03. The Kier molecular flexibility index (Phi) is 5.20. The summed E-state index contributed by atoms with van der Waals surface area (Å²) >= 11 is 0. The Balaban J connectivity index is 2.70. The monoisotopic (exact) mass is 254 g/mol. The van der Waals surface area contributed by atoms with Gasteiger partial charge in [0, 0.05) is 6.54 Å². The summed E-state index contributed by atoms with van der Waals surface area (Å²) in [5, 5.41) is 0. The minimum absolute atomic E-state index is 0.0946. The van der Waals surface area contributed by atoms with Gasteiger partial charge in [0.2, 0.25) is 0 Å². The van der Waals surface area contributed by atoms with Crippen molar-refractivity contribution in [3.05, 3.63) is 12.2 Å². The fourth-order valence-electron chi connectivity index (χ4n) is 2.25. The summed E-state index contributed by atoms with van der Waals surface area (Å²) < 4.78 is 5.45. The average molecular weight is 254 g/mol. The molecular formula is C14H26N2O2. The molecule has 0 aliphatic carbocycles. The second kappa shape index (κ2) is 6.23. The molecule has 0 radical (unpaired) electrons. The highest BCUT2D eigenvalue weighted by molar-refractivity contribution is 5.69. The molecule has 0 aromatic carbocycles. The van der Waals surface area contributed by atoms with E-state index in [1.807, 2.05) is 25.7 Å². The zero-order valence-corrected chi connectivity index (χ0v) is 11.9.